The molecule has 0 fully saturated rings. The van der Waals surface area contributed by atoms with Gasteiger partial charge in [-0.05, 0) is 39.0 Å². The van der Waals surface area contributed by atoms with Gasteiger partial charge in [0.1, 0.15) is 11.4 Å². The predicted molar refractivity (Wildman–Crippen MR) is 113 cm³/mol. The monoisotopic (exact) mass is 480 g/mol. The first-order chi connectivity index (χ1) is 15.9. The summed E-state index contributed by atoms with van der Waals surface area (Å²) in [7, 11) is 0. The Kier molecular flexibility index (Phi) is 7.40. The Morgan fingerprint density at radius 2 is 1.97 bits per heavy atom. The van der Waals surface area contributed by atoms with Gasteiger partial charge in [-0.2, -0.15) is 18.2 Å². The molecule has 2 heterocycles. The van der Waals surface area contributed by atoms with Crippen molar-refractivity contribution in [3.05, 3.63) is 54.0 Å². The highest BCUT2D eigenvalue weighted by Crippen LogP contribution is 2.30. The number of carbonyl (C=O) groups is 1. The molecular formula is C22H23F3N4O5. The van der Waals surface area contributed by atoms with Gasteiger partial charge in [-0.3, -0.25) is 0 Å². The Morgan fingerprint density at radius 3 is 2.59 bits per heavy atom. The van der Waals surface area contributed by atoms with Crippen LogP contribution in [0.25, 0.3) is 11.4 Å². The average Bonchev–Trinajstić information content (AvgIpc) is 3.20. The van der Waals surface area contributed by atoms with Gasteiger partial charge in [-0.15, -0.1) is 0 Å². The third-order valence-corrected chi connectivity index (χ3v) is 4.21. The third kappa shape index (κ3) is 7.17. The molecule has 0 spiro atoms. The first-order valence-corrected chi connectivity index (χ1v) is 10.2. The van der Waals surface area contributed by atoms with E-state index in [0.717, 1.165) is 12.1 Å². The quantitative estimate of drug-likeness (QED) is 0.512. The average molecular weight is 480 g/mol. The van der Waals surface area contributed by atoms with Gasteiger partial charge in [0.25, 0.3) is 0 Å². The maximum Gasteiger partial charge on any atom is 0.417 e. The summed E-state index contributed by atoms with van der Waals surface area (Å²) in [6.07, 6.45) is -4.42. The fraction of sp³-hybridized carbons (Fsp3) is 0.364. The number of aliphatic hydroxyl groups excluding tert-OH is 1. The molecule has 1 amide bonds. The summed E-state index contributed by atoms with van der Waals surface area (Å²) >= 11 is 0. The minimum atomic E-state index is -4.49. The molecule has 12 heteroatoms. The maximum atomic E-state index is 12.7. The van der Waals surface area contributed by atoms with Crippen LogP contribution in [0.3, 0.4) is 0 Å². The van der Waals surface area contributed by atoms with Gasteiger partial charge in [0, 0.05) is 24.2 Å². The van der Waals surface area contributed by atoms with Crippen molar-refractivity contribution in [3.63, 3.8) is 0 Å². The molecule has 9 nitrogen and oxygen atoms in total. The van der Waals surface area contributed by atoms with Gasteiger partial charge in [-0.1, -0.05) is 17.3 Å². The zero-order valence-corrected chi connectivity index (χ0v) is 18.6. The minimum Gasteiger partial charge on any atom is -0.444 e. The molecule has 1 atom stereocenters. The highest BCUT2D eigenvalue weighted by molar-refractivity contribution is 5.68. The highest BCUT2D eigenvalue weighted by atomic mass is 19.4. The number of halogens is 3. The third-order valence-electron chi connectivity index (χ3n) is 4.21. The van der Waals surface area contributed by atoms with Crippen LogP contribution in [-0.2, 0) is 17.3 Å². The molecule has 0 saturated heterocycles. The molecule has 2 N–H and O–H groups in total. The summed E-state index contributed by atoms with van der Waals surface area (Å²) in [5.74, 6) is 0.671. The van der Waals surface area contributed by atoms with Crippen LogP contribution in [-0.4, -0.2) is 44.6 Å². The largest absolute Gasteiger partial charge is 0.444 e. The number of aliphatic hydroxyl groups is 1. The van der Waals surface area contributed by atoms with Crippen LogP contribution in [0.15, 0.2) is 47.1 Å². The molecule has 182 valence electrons. The van der Waals surface area contributed by atoms with E-state index in [2.05, 4.69) is 20.4 Å². The number of hydrogen-bond donors (Lipinski definition) is 2. The number of ether oxygens (including phenoxy) is 2. The summed E-state index contributed by atoms with van der Waals surface area (Å²) in [4.78, 5) is 19.8. The van der Waals surface area contributed by atoms with Crippen molar-refractivity contribution in [3.8, 4) is 23.0 Å². The Balaban J connectivity index is 1.66. The van der Waals surface area contributed by atoms with E-state index in [1.807, 2.05) is 0 Å². The van der Waals surface area contributed by atoms with Crippen molar-refractivity contribution < 1.29 is 37.1 Å². The number of rotatable bonds is 7. The molecule has 0 aliphatic carbocycles. The lowest BCUT2D eigenvalue weighted by Crippen LogP contribution is -2.42. The summed E-state index contributed by atoms with van der Waals surface area (Å²) < 4.78 is 53.9. The van der Waals surface area contributed by atoms with Crippen LogP contribution in [0.1, 0.15) is 32.2 Å². The van der Waals surface area contributed by atoms with Crippen molar-refractivity contribution in [2.75, 3.05) is 6.61 Å². The summed E-state index contributed by atoms with van der Waals surface area (Å²) in [5, 5.41) is 16.0. The number of hydrogen-bond acceptors (Lipinski definition) is 8. The number of nitrogens with one attached hydrogen (secondary N) is 1. The molecule has 1 unspecified atom stereocenters. The second kappa shape index (κ2) is 10.1. The smallest absolute Gasteiger partial charge is 0.417 e. The molecule has 0 radical (unpaired) electrons. The van der Waals surface area contributed by atoms with E-state index < -0.39 is 29.5 Å². The molecule has 3 rings (SSSR count). The number of benzene rings is 1. The number of alkyl halides is 3. The lowest BCUT2D eigenvalue weighted by molar-refractivity contribution is -0.137. The summed E-state index contributed by atoms with van der Waals surface area (Å²) in [5.41, 5.74) is -1.06. The zero-order valence-electron chi connectivity index (χ0n) is 18.6. The van der Waals surface area contributed by atoms with Gasteiger partial charge in [-0.25, -0.2) is 9.78 Å². The highest BCUT2D eigenvalue weighted by Gasteiger charge is 2.30. The molecule has 1 aromatic carbocycles. The summed E-state index contributed by atoms with van der Waals surface area (Å²) in [6, 6.07) is 7.78. The maximum absolute atomic E-state index is 12.7. The number of nitrogens with zero attached hydrogens (tertiary/aromatic N) is 3. The van der Waals surface area contributed by atoms with E-state index in [1.165, 1.54) is 0 Å². The SMILES string of the molecule is CC(C)(C)OC(=O)NC(CO)Cc1nc(-c2cccc(Oc3ccc(C(F)(F)F)cn3)c2)no1. The minimum absolute atomic E-state index is 0.0158. The fourth-order valence-electron chi connectivity index (χ4n) is 2.73. The van der Waals surface area contributed by atoms with E-state index in [0.29, 0.717) is 17.5 Å². The number of aromatic nitrogens is 3. The van der Waals surface area contributed by atoms with Gasteiger partial charge >= 0.3 is 12.3 Å². The first-order valence-electron chi connectivity index (χ1n) is 10.2. The molecule has 0 aliphatic rings. The van der Waals surface area contributed by atoms with Crippen LogP contribution in [0.5, 0.6) is 11.6 Å². The van der Waals surface area contributed by atoms with Crippen LogP contribution in [0, 0.1) is 0 Å². The van der Waals surface area contributed by atoms with Crippen molar-refractivity contribution in [2.45, 2.75) is 45.0 Å². The lowest BCUT2D eigenvalue weighted by Gasteiger charge is -2.22. The number of carbonyl (C=O) groups excluding carboxylic acids is 1. The second-order valence-electron chi connectivity index (χ2n) is 8.25. The van der Waals surface area contributed by atoms with E-state index in [4.69, 9.17) is 14.0 Å². The van der Waals surface area contributed by atoms with Crippen LogP contribution >= 0.6 is 0 Å². The van der Waals surface area contributed by atoms with Crippen LogP contribution < -0.4 is 10.1 Å². The van der Waals surface area contributed by atoms with Crippen LogP contribution in [0.2, 0.25) is 0 Å². The van der Waals surface area contributed by atoms with E-state index >= 15 is 0 Å². The molecule has 2 aromatic heterocycles. The summed E-state index contributed by atoms with van der Waals surface area (Å²) in [6.45, 7) is 4.78. The van der Waals surface area contributed by atoms with Gasteiger partial charge < -0.3 is 24.4 Å². The Hall–Kier alpha value is -3.67. The van der Waals surface area contributed by atoms with E-state index in [1.54, 1.807) is 45.0 Å². The van der Waals surface area contributed by atoms with Crippen LogP contribution in [0.4, 0.5) is 18.0 Å². The van der Waals surface area contributed by atoms with Crippen molar-refractivity contribution >= 4 is 6.09 Å². The molecule has 3 aromatic rings. The Bertz CT molecular complexity index is 1110. The predicted octanol–water partition coefficient (Wildman–Crippen LogP) is 4.37. The number of amides is 1. The standard InChI is InChI=1S/C22H23F3N4O5/c1-21(2,3)33-20(31)27-15(12-30)10-18-28-19(29-34-18)13-5-4-6-16(9-13)32-17-8-7-14(11-26-17)22(23,24)25/h4-9,11,15,30H,10,12H2,1-3H3,(H,27,31). The fourth-order valence-corrected chi connectivity index (χ4v) is 2.73. The first kappa shape index (κ1) is 25.0. The van der Waals surface area contributed by atoms with Crippen molar-refractivity contribution in [1.29, 1.82) is 0 Å². The Morgan fingerprint density at radius 1 is 1.21 bits per heavy atom. The second-order valence-corrected chi connectivity index (χ2v) is 8.25. The lowest BCUT2D eigenvalue weighted by atomic mass is 10.2. The normalized spacial score (nSPS) is 12.8. The van der Waals surface area contributed by atoms with E-state index in [-0.39, 0.29) is 30.6 Å². The van der Waals surface area contributed by atoms with E-state index in [9.17, 15) is 23.1 Å². The Labute approximate surface area is 192 Å². The zero-order chi connectivity index (χ0) is 24.9. The number of pyridine rings is 1. The molecule has 0 aliphatic heterocycles. The topological polar surface area (TPSA) is 120 Å². The molecule has 0 bridgehead atoms. The van der Waals surface area contributed by atoms with Gasteiger partial charge in [0.2, 0.25) is 17.6 Å². The van der Waals surface area contributed by atoms with Crippen molar-refractivity contribution in [1.82, 2.24) is 20.4 Å². The van der Waals surface area contributed by atoms with Crippen molar-refractivity contribution in [2.24, 2.45) is 0 Å². The molecule has 0 saturated carbocycles. The van der Waals surface area contributed by atoms with Gasteiger partial charge in [0.15, 0.2) is 0 Å². The molecule has 34 heavy (non-hydrogen) atoms. The number of alkyl carbamates (subject to hydrolysis) is 1. The molecular weight excluding hydrogens is 457 g/mol. The van der Waals surface area contributed by atoms with Gasteiger partial charge in [0.05, 0.1) is 18.2 Å².